The first-order chi connectivity index (χ1) is 12.6. The van der Waals surface area contributed by atoms with Crippen molar-refractivity contribution >= 4 is 10.8 Å². The molecule has 0 unspecified atom stereocenters. The standard InChI is InChI=1S/C22H10F4/c23-17-10-18(24)22(26)20(21(17)25)16-9-8-15-12-5-2-1-4-11(12)13-6-3-7-14(16)19(13)15/h1-10H. The molecule has 0 nitrogen and oxygen atoms in total. The molecule has 1 aliphatic rings. The normalized spacial score (nSPS) is 11.8. The molecule has 0 amide bonds. The van der Waals surface area contributed by atoms with Crippen molar-refractivity contribution in [3.63, 3.8) is 0 Å². The van der Waals surface area contributed by atoms with Crippen molar-refractivity contribution in [3.05, 3.63) is 83.9 Å². The summed E-state index contributed by atoms with van der Waals surface area (Å²) in [5, 5.41) is 1.38. The average Bonchev–Trinajstić information content (AvgIpc) is 2.98. The third kappa shape index (κ3) is 1.84. The number of fused-ring (bicyclic) bond motifs is 3. The van der Waals surface area contributed by atoms with Gasteiger partial charge in [-0.2, -0.15) is 0 Å². The summed E-state index contributed by atoms with van der Waals surface area (Å²) in [5.41, 5.74) is 3.38. The van der Waals surface area contributed by atoms with Crippen molar-refractivity contribution in [2.24, 2.45) is 0 Å². The van der Waals surface area contributed by atoms with Gasteiger partial charge in [-0.1, -0.05) is 54.6 Å². The van der Waals surface area contributed by atoms with Gasteiger partial charge in [0.15, 0.2) is 23.3 Å². The van der Waals surface area contributed by atoms with Crippen LogP contribution in [-0.4, -0.2) is 0 Å². The van der Waals surface area contributed by atoms with Crippen molar-refractivity contribution in [3.8, 4) is 33.4 Å². The van der Waals surface area contributed by atoms with E-state index in [9.17, 15) is 17.6 Å². The average molecular weight is 350 g/mol. The summed E-state index contributed by atoms with van der Waals surface area (Å²) >= 11 is 0. The van der Waals surface area contributed by atoms with E-state index >= 15 is 0 Å². The highest BCUT2D eigenvalue weighted by molar-refractivity contribution is 6.18. The molecule has 0 saturated heterocycles. The molecule has 0 atom stereocenters. The second-order valence-corrected chi connectivity index (χ2v) is 6.28. The molecule has 0 aromatic heterocycles. The highest BCUT2D eigenvalue weighted by atomic mass is 19.2. The first-order valence-corrected chi connectivity index (χ1v) is 8.07. The lowest BCUT2D eigenvalue weighted by atomic mass is 9.93. The summed E-state index contributed by atoms with van der Waals surface area (Å²) < 4.78 is 56.1. The number of hydrogen-bond acceptors (Lipinski definition) is 0. The number of halogens is 4. The number of rotatable bonds is 1. The molecule has 0 radical (unpaired) electrons. The van der Waals surface area contributed by atoms with Gasteiger partial charge in [-0.05, 0) is 38.6 Å². The quantitative estimate of drug-likeness (QED) is 0.233. The minimum absolute atomic E-state index is 0.131. The first kappa shape index (κ1) is 15.1. The van der Waals surface area contributed by atoms with Gasteiger partial charge in [0.2, 0.25) is 0 Å². The highest BCUT2D eigenvalue weighted by Gasteiger charge is 2.26. The van der Waals surface area contributed by atoms with Gasteiger partial charge in [-0.25, -0.2) is 17.6 Å². The molecule has 1 aliphatic carbocycles. The topological polar surface area (TPSA) is 0 Å². The van der Waals surface area contributed by atoms with E-state index in [-0.39, 0.29) is 11.6 Å². The molecule has 0 aliphatic heterocycles. The van der Waals surface area contributed by atoms with E-state index in [0.717, 1.165) is 27.6 Å². The summed E-state index contributed by atoms with van der Waals surface area (Å²) in [7, 11) is 0. The van der Waals surface area contributed by atoms with Crippen molar-refractivity contribution in [2.45, 2.75) is 0 Å². The Morgan fingerprint density at radius 1 is 0.500 bits per heavy atom. The van der Waals surface area contributed by atoms with Gasteiger partial charge < -0.3 is 0 Å². The van der Waals surface area contributed by atoms with Gasteiger partial charge in [0.05, 0.1) is 5.56 Å². The van der Waals surface area contributed by atoms with E-state index in [2.05, 4.69) is 0 Å². The molecule has 0 spiro atoms. The second kappa shape index (κ2) is 5.18. The Hall–Kier alpha value is -3.14. The zero-order chi connectivity index (χ0) is 18.0. The zero-order valence-electron chi connectivity index (χ0n) is 13.3. The SMILES string of the molecule is Fc1cc(F)c(F)c(-c2ccc3c4c(cccc24)-c2ccccc2-3)c1F. The van der Waals surface area contributed by atoms with Crippen LogP contribution in [0.1, 0.15) is 0 Å². The maximum Gasteiger partial charge on any atom is 0.169 e. The van der Waals surface area contributed by atoms with Crippen LogP contribution in [-0.2, 0) is 0 Å². The van der Waals surface area contributed by atoms with E-state index < -0.39 is 28.8 Å². The molecule has 26 heavy (non-hydrogen) atoms. The fourth-order valence-corrected chi connectivity index (χ4v) is 3.84. The summed E-state index contributed by atoms with van der Waals surface area (Å²) in [6.45, 7) is 0. The third-order valence-corrected chi connectivity index (χ3v) is 4.93. The number of benzene rings is 4. The van der Waals surface area contributed by atoms with Crippen molar-refractivity contribution in [1.29, 1.82) is 0 Å². The summed E-state index contributed by atoms with van der Waals surface area (Å²) in [5.74, 6) is -5.60. The maximum atomic E-state index is 14.4. The Balaban J connectivity index is 1.92. The van der Waals surface area contributed by atoms with E-state index in [1.165, 1.54) is 6.07 Å². The molecule has 4 aromatic rings. The Morgan fingerprint density at radius 2 is 1.04 bits per heavy atom. The van der Waals surface area contributed by atoms with Gasteiger partial charge in [0.1, 0.15) is 0 Å². The molecule has 4 aromatic carbocycles. The summed E-state index contributed by atoms with van der Waals surface area (Å²) in [6, 6.07) is 16.7. The molecule has 5 rings (SSSR count). The first-order valence-electron chi connectivity index (χ1n) is 8.07. The van der Waals surface area contributed by atoms with Gasteiger partial charge >= 0.3 is 0 Å². The van der Waals surface area contributed by atoms with Gasteiger partial charge in [0.25, 0.3) is 0 Å². The molecular weight excluding hydrogens is 340 g/mol. The van der Waals surface area contributed by atoms with E-state index in [1.807, 2.05) is 30.3 Å². The van der Waals surface area contributed by atoms with Crippen LogP contribution in [0.5, 0.6) is 0 Å². The molecule has 4 heteroatoms. The van der Waals surface area contributed by atoms with Crippen LogP contribution in [0.4, 0.5) is 17.6 Å². The second-order valence-electron chi connectivity index (χ2n) is 6.28. The lowest BCUT2D eigenvalue weighted by Gasteiger charge is -2.12. The van der Waals surface area contributed by atoms with E-state index in [4.69, 9.17) is 0 Å². The lowest BCUT2D eigenvalue weighted by Crippen LogP contribution is -1.99. The minimum Gasteiger partial charge on any atom is -0.204 e. The summed E-state index contributed by atoms with van der Waals surface area (Å²) in [6.07, 6.45) is 0. The summed E-state index contributed by atoms with van der Waals surface area (Å²) in [4.78, 5) is 0. The Bertz CT molecular complexity index is 1170. The fraction of sp³-hybridized carbons (Fsp3) is 0. The smallest absolute Gasteiger partial charge is 0.169 e. The molecule has 126 valence electrons. The van der Waals surface area contributed by atoms with Gasteiger partial charge in [0, 0.05) is 6.07 Å². The van der Waals surface area contributed by atoms with Crippen LogP contribution in [0.3, 0.4) is 0 Å². The van der Waals surface area contributed by atoms with E-state index in [0.29, 0.717) is 5.39 Å². The highest BCUT2D eigenvalue weighted by Crippen LogP contribution is 2.49. The fourth-order valence-electron chi connectivity index (χ4n) is 3.84. The van der Waals surface area contributed by atoms with Crippen LogP contribution in [0.15, 0.2) is 60.7 Å². The van der Waals surface area contributed by atoms with Crippen LogP contribution >= 0.6 is 0 Å². The predicted octanol–water partition coefficient (Wildman–Crippen LogP) is 6.71. The van der Waals surface area contributed by atoms with Crippen molar-refractivity contribution < 1.29 is 17.6 Å². The molecule has 0 heterocycles. The van der Waals surface area contributed by atoms with E-state index in [1.54, 1.807) is 18.2 Å². The molecule has 0 bridgehead atoms. The predicted molar refractivity (Wildman–Crippen MR) is 93.6 cm³/mol. The lowest BCUT2D eigenvalue weighted by molar-refractivity contribution is 0.458. The van der Waals surface area contributed by atoms with Crippen LogP contribution in [0.2, 0.25) is 0 Å². The molecule has 0 saturated carbocycles. The Kier molecular flexibility index (Phi) is 3.02. The van der Waals surface area contributed by atoms with Crippen molar-refractivity contribution in [2.75, 3.05) is 0 Å². The largest absolute Gasteiger partial charge is 0.204 e. The van der Waals surface area contributed by atoms with Crippen LogP contribution in [0.25, 0.3) is 44.2 Å². The number of hydrogen-bond donors (Lipinski definition) is 0. The Morgan fingerprint density at radius 3 is 1.69 bits per heavy atom. The van der Waals surface area contributed by atoms with Gasteiger partial charge in [-0.15, -0.1) is 0 Å². The van der Waals surface area contributed by atoms with Gasteiger partial charge in [-0.3, -0.25) is 0 Å². The molecule has 0 N–H and O–H groups in total. The van der Waals surface area contributed by atoms with Crippen LogP contribution in [0, 0.1) is 23.3 Å². The Labute approximate surface area is 146 Å². The maximum absolute atomic E-state index is 14.4. The zero-order valence-corrected chi connectivity index (χ0v) is 13.3. The monoisotopic (exact) mass is 350 g/mol. The third-order valence-electron chi connectivity index (χ3n) is 4.93. The van der Waals surface area contributed by atoms with Crippen molar-refractivity contribution in [1.82, 2.24) is 0 Å². The minimum atomic E-state index is -1.41. The van der Waals surface area contributed by atoms with Crippen LogP contribution < -0.4 is 0 Å². The molecular formula is C22H10F4. The molecule has 0 fully saturated rings.